The molecule has 0 saturated carbocycles. The molecule has 2 aromatic carbocycles. The fraction of sp³-hybridized carbons (Fsp3) is 0.500. The minimum Gasteiger partial charge on any atom is -0.494 e. The molecule has 2 saturated heterocycles. The lowest BCUT2D eigenvalue weighted by Gasteiger charge is -2.35. The van der Waals surface area contributed by atoms with Crippen molar-refractivity contribution in [2.75, 3.05) is 44.3 Å². The Hall–Kier alpha value is -2.05. The maximum Gasteiger partial charge on any atom is 0.414 e. The van der Waals surface area contributed by atoms with E-state index in [1.54, 1.807) is 4.90 Å². The largest absolute Gasteiger partial charge is 0.494 e. The average Bonchev–Trinajstić information content (AvgIpc) is 2.82. The van der Waals surface area contributed by atoms with Crippen molar-refractivity contribution in [3.63, 3.8) is 0 Å². The number of benzene rings is 2. The van der Waals surface area contributed by atoms with Gasteiger partial charge in [-0.15, -0.1) is 0 Å². The van der Waals surface area contributed by atoms with Crippen LogP contribution in [0, 0.1) is 11.8 Å². The highest BCUT2D eigenvalue weighted by Crippen LogP contribution is 2.29. The quantitative estimate of drug-likeness (QED) is 0.461. The SMILES string of the molecule is CCOc1ccc(Br)c(CC2CCN(CCC3COC(=O)N(c4ccccc4)C3)CC2)c1. The lowest BCUT2D eigenvalue weighted by atomic mass is 9.90. The van der Waals surface area contributed by atoms with Gasteiger partial charge in [0, 0.05) is 22.6 Å². The molecule has 4 rings (SSSR count). The van der Waals surface area contributed by atoms with Crippen LogP contribution in [0.25, 0.3) is 0 Å². The zero-order valence-corrected chi connectivity index (χ0v) is 20.4. The molecule has 5 nitrogen and oxygen atoms in total. The Labute approximate surface area is 199 Å². The smallest absolute Gasteiger partial charge is 0.414 e. The second kappa shape index (κ2) is 11.2. The molecule has 0 aromatic heterocycles. The normalized spacial score (nSPS) is 20.2. The number of para-hydroxylation sites is 1. The summed E-state index contributed by atoms with van der Waals surface area (Å²) in [4.78, 5) is 16.5. The first-order valence-corrected chi connectivity index (χ1v) is 12.5. The summed E-state index contributed by atoms with van der Waals surface area (Å²) in [5.74, 6) is 2.05. The summed E-state index contributed by atoms with van der Waals surface area (Å²) in [5.41, 5.74) is 2.27. The number of hydrogen-bond acceptors (Lipinski definition) is 4. The highest BCUT2D eigenvalue weighted by Gasteiger charge is 2.29. The molecule has 2 fully saturated rings. The summed E-state index contributed by atoms with van der Waals surface area (Å²) in [6.45, 7) is 7.34. The van der Waals surface area contributed by atoms with Gasteiger partial charge in [0.05, 0.1) is 13.2 Å². The van der Waals surface area contributed by atoms with Gasteiger partial charge in [-0.2, -0.15) is 0 Å². The Bertz CT molecular complexity index is 884. The van der Waals surface area contributed by atoms with Gasteiger partial charge in [0.2, 0.25) is 0 Å². The van der Waals surface area contributed by atoms with Gasteiger partial charge in [0.25, 0.3) is 0 Å². The topological polar surface area (TPSA) is 42.0 Å². The van der Waals surface area contributed by atoms with Crippen LogP contribution in [0.3, 0.4) is 0 Å². The Morgan fingerprint density at radius 1 is 1.09 bits per heavy atom. The molecule has 1 atom stereocenters. The number of cyclic esters (lactones) is 1. The number of amides is 1. The minimum absolute atomic E-state index is 0.229. The number of piperidine rings is 1. The van der Waals surface area contributed by atoms with Gasteiger partial charge in [0.1, 0.15) is 5.75 Å². The molecule has 0 radical (unpaired) electrons. The molecule has 2 heterocycles. The summed E-state index contributed by atoms with van der Waals surface area (Å²) < 4.78 is 12.3. The first-order valence-electron chi connectivity index (χ1n) is 11.7. The number of likely N-dealkylation sites (tertiary alicyclic amines) is 1. The van der Waals surface area contributed by atoms with Crippen LogP contribution in [0.2, 0.25) is 0 Å². The first kappa shape index (κ1) is 23.1. The second-order valence-electron chi connectivity index (χ2n) is 8.85. The molecule has 0 N–H and O–H groups in total. The predicted octanol–water partition coefficient (Wildman–Crippen LogP) is 5.77. The van der Waals surface area contributed by atoms with Crippen LogP contribution >= 0.6 is 15.9 Å². The van der Waals surface area contributed by atoms with Gasteiger partial charge in [0.15, 0.2) is 0 Å². The molecular weight excluding hydrogens is 468 g/mol. The zero-order chi connectivity index (χ0) is 22.3. The lowest BCUT2D eigenvalue weighted by molar-refractivity contribution is 0.103. The number of ether oxygens (including phenoxy) is 2. The number of carbonyl (C=O) groups excluding carboxylic acids is 1. The summed E-state index contributed by atoms with van der Waals surface area (Å²) >= 11 is 3.71. The minimum atomic E-state index is -0.229. The van der Waals surface area contributed by atoms with E-state index in [1.807, 2.05) is 43.3 Å². The van der Waals surface area contributed by atoms with Crippen molar-refractivity contribution in [3.8, 4) is 5.75 Å². The van der Waals surface area contributed by atoms with Crippen LogP contribution in [-0.4, -0.2) is 50.4 Å². The van der Waals surface area contributed by atoms with Crippen molar-refractivity contribution in [2.45, 2.75) is 32.6 Å². The van der Waals surface area contributed by atoms with Crippen molar-refractivity contribution in [3.05, 3.63) is 58.6 Å². The third kappa shape index (κ3) is 6.04. The van der Waals surface area contributed by atoms with Crippen LogP contribution in [0.5, 0.6) is 5.75 Å². The van der Waals surface area contributed by atoms with E-state index in [2.05, 4.69) is 33.0 Å². The molecule has 0 spiro atoms. The molecular formula is C26H33BrN2O3. The van der Waals surface area contributed by atoms with Crippen molar-refractivity contribution < 1.29 is 14.3 Å². The number of nitrogens with zero attached hydrogens (tertiary/aromatic N) is 2. The first-order chi connectivity index (χ1) is 15.6. The van der Waals surface area contributed by atoms with Gasteiger partial charge in [-0.05, 0) is 94.1 Å². The van der Waals surface area contributed by atoms with Gasteiger partial charge in [-0.1, -0.05) is 34.1 Å². The fourth-order valence-electron chi connectivity index (χ4n) is 4.70. The predicted molar refractivity (Wildman–Crippen MR) is 131 cm³/mol. The van der Waals surface area contributed by atoms with E-state index in [4.69, 9.17) is 9.47 Å². The molecule has 2 aromatic rings. The third-order valence-corrected chi connectivity index (χ3v) is 7.34. The van der Waals surface area contributed by atoms with E-state index in [0.29, 0.717) is 25.0 Å². The molecule has 6 heteroatoms. The molecule has 0 bridgehead atoms. The summed E-state index contributed by atoms with van der Waals surface area (Å²) in [7, 11) is 0. The van der Waals surface area contributed by atoms with E-state index in [9.17, 15) is 4.79 Å². The Morgan fingerprint density at radius 2 is 1.88 bits per heavy atom. The molecule has 2 aliphatic rings. The van der Waals surface area contributed by atoms with Gasteiger partial charge >= 0.3 is 6.09 Å². The molecule has 32 heavy (non-hydrogen) atoms. The highest BCUT2D eigenvalue weighted by atomic mass is 79.9. The monoisotopic (exact) mass is 500 g/mol. The molecule has 2 aliphatic heterocycles. The summed E-state index contributed by atoms with van der Waals surface area (Å²) in [6, 6.07) is 16.1. The van der Waals surface area contributed by atoms with Crippen LogP contribution in [0.4, 0.5) is 10.5 Å². The van der Waals surface area contributed by atoms with E-state index in [1.165, 1.54) is 22.9 Å². The molecule has 1 unspecified atom stereocenters. The Morgan fingerprint density at radius 3 is 2.62 bits per heavy atom. The van der Waals surface area contributed by atoms with E-state index in [0.717, 1.165) is 50.5 Å². The van der Waals surface area contributed by atoms with Crippen molar-refractivity contribution in [1.82, 2.24) is 4.90 Å². The number of rotatable bonds is 8. The standard InChI is InChI=1S/C26H33BrN2O3/c1-2-31-24-8-9-25(27)22(17-24)16-20-10-13-28(14-11-20)15-12-21-18-29(26(30)32-19-21)23-6-4-3-5-7-23/h3-9,17,20-21H,2,10-16,18-19H2,1H3. The fourth-order valence-corrected chi connectivity index (χ4v) is 5.11. The molecule has 172 valence electrons. The van der Waals surface area contributed by atoms with Crippen LogP contribution in [0.15, 0.2) is 53.0 Å². The van der Waals surface area contributed by atoms with Gasteiger partial charge in [-0.25, -0.2) is 4.79 Å². The van der Waals surface area contributed by atoms with E-state index in [-0.39, 0.29) is 6.09 Å². The van der Waals surface area contributed by atoms with E-state index < -0.39 is 0 Å². The highest BCUT2D eigenvalue weighted by molar-refractivity contribution is 9.10. The summed E-state index contributed by atoms with van der Waals surface area (Å²) in [6.07, 6.45) is 4.37. The van der Waals surface area contributed by atoms with Crippen LogP contribution in [-0.2, 0) is 11.2 Å². The van der Waals surface area contributed by atoms with Gasteiger partial charge < -0.3 is 14.4 Å². The zero-order valence-electron chi connectivity index (χ0n) is 18.8. The van der Waals surface area contributed by atoms with Crippen LogP contribution in [0.1, 0.15) is 31.7 Å². The number of hydrogen-bond donors (Lipinski definition) is 0. The van der Waals surface area contributed by atoms with E-state index >= 15 is 0 Å². The van der Waals surface area contributed by atoms with Crippen molar-refractivity contribution >= 4 is 27.7 Å². The number of halogens is 1. The number of anilines is 1. The maximum atomic E-state index is 12.2. The molecule has 1 amide bonds. The van der Waals surface area contributed by atoms with Crippen molar-refractivity contribution in [2.24, 2.45) is 11.8 Å². The second-order valence-corrected chi connectivity index (χ2v) is 9.71. The third-order valence-electron chi connectivity index (χ3n) is 6.57. The van der Waals surface area contributed by atoms with Gasteiger partial charge in [-0.3, -0.25) is 4.90 Å². The number of carbonyl (C=O) groups is 1. The average molecular weight is 501 g/mol. The summed E-state index contributed by atoms with van der Waals surface area (Å²) in [5, 5.41) is 0. The van der Waals surface area contributed by atoms with Crippen molar-refractivity contribution in [1.29, 1.82) is 0 Å². The van der Waals surface area contributed by atoms with Crippen LogP contribution < -0.4 is 9.64 Å². The maximum absolute atomic E-state index is 12.2. The Balaban J connectivity index is 1.23. The Kier molecular flexibility index (Phi) is 8.09. The molecule has 0 aliphatic carbocycles. The lowest BCUT2D eigenvalue weighted by Crippen LogP contribution is -2.44.